The van der Waals surface area contributed by atoms with E-state index in [9.17, 15) is 15.2 Å². The van der Waals surface area contributed by atoms with Gasteiger partial charge in [0, 0.05) is 11.8 Å². The van der Waals surface area contributed by atoms with Crippen LogP contribution in [0.1, 0.15) is 21.5 Å². The lowest BCUT2D eigenvalue weighted by Gasteiger charge is -2.09. The van der Waals surface area contributed by atoms with Crippen LogP contribution in [0.4, 0.5) is 0 Å². The summed E-state index contributed by atoms with van der Waals surface area (Å²) in [5, 5.41) is 28.3. The van der Waals surface area contributed by atoms with Crippen LogP contribution >= 0.6 is 0 Å². The van der Waals surface area contributed by atoms with Crippen molar-refractivity contribution < 1.29 is 14.6 Å². The van der Waals surface area contributed by atoms with Crippen molar-refractivity contribution in [2.45, 2.75) is 0 Å². The molecule has 6 heteroatoms. The molecule has 0 fully saturated rings. The monoisotopic (exact) mass is 355 g/mol. The first-order chi connectivity index (χ1) is 13.1. The molecular formula is C21H13N3O3. The number of nitriles is 2. The quantitative estimate of drug-likeness (QED) is 0.719. The van der Waals surface area contributed by atoms with Gasteiger partial charge in [0.05, 0.1) is 35.6 Å². The van der Waals surface area contributed by atoms with Crippen molar-refractivity contribution in [1.82, 2.24) is 4.98 Å². The average molecular weight is 355 g/mol. The summed E-state index contributed by atoms with van der Waals surface area (Å²) >= 11 is 0. The number of esters is 1. The lowest BCUT2D eigenvalue weighted by atomic mass is 9.95. The zero-order chi connectivity index (χ0) is 19.4. The number of hydrogen-bond acceptors (Lipinski definition) is 6. The molecule has 0 atom stereocenters. The number of carbonyl (C=O) groups excluding carboxylic acids is 1. The molecule has 0 saturated heterocycles. The Morgan fingerprint density at radius 1 is 1.00 bits per heavy atom. The van der Waals surface area contributed by atoms with Crippen molar-refractivity contribution >= 4 is 5.97 Å². The normalized spacial score (nSPS) is 9.89. The van der Waals surface area contributed by atoms with Crippen LogP contribution in [0.3, 0.4) is 0 Å². The highest BCUT2D eigenvalue weighted by atomic mass is 16.5. The Morgan fingerprint density at radius 2 is 1.70 bits per heavy atom. The van der Waals surface area contributed by atoms with Crippen LogP contribution in [-0.2, 0) is 4.74 Å². The second kappa shape index (κ2) is 7.38. The van der Waals surface area contributed by atoms with Crippen molar-refractivity contribution in [3.8, 4) is 40.3 Å². The van der Waals surface area contributed by atoms with Gasteiger partial charge in [-0.15, -0.1) is 0 Å². The van der Waals surface area contributed by atoms with E-state index in [1.165, 1.54) is 25.4 Å². The number of rotatable bonds is 3. The molecule has 0 bridgehead atoms. The molecule has 0 radical (unpaired) electrons. The van der Waals surface area contributed by atoms with E-state index >= 15 is 0 Å². The van der Waals surface area contributed by atoms with Gasteiger partial charge < -0.3 is 9.84 Å². The molecule has 0 amide bonds. The van der Waals surface area contributed by atoms with Crippen LogP contribution in [0.15, 0.2) is 54.7 Å². The van der Waals surface area contributed by atoms with Gasteiger partial charge in [0.15, 0.2) is 0 Å². The standard InChI is InChI=1S/C21H13N3O3/c1-27-21(26)15-6-7-24-19(10-15)14-2-4-18(16(9-14)11-22)13-3-5-20(25)17(8-13)12-23/h2-10,25H,1H3. The molecule has 1 heterocycles. The van der Waals surface area contributed by atoms with Gasteiger partial charge >= 0.3 is 5.97 Å². The molecule has 0 spiro atoms. The summed E-state index contributed by atoms with van der Waals surface area (Å²) < 4.78 is 4.71. The van der Waals surface area contributed by atoms with Crippen molar-refractivity contribution in [2.24, 2.45) is 0 Å². The summed E-state index contributed by atoms with van der Waals surface area (Å²) in [7, 11) is 1.30. The molecule has 6 nitrogen and oxygen atoms in total. The highest BCUT2D eigenvalue weighted by Gasteiger charge is 2.12. The van der Waals surface area contributed by atoms with Gasteiger partial charge in [-0.2, -0.15) is 10.5 Å². The van der Waals surface area contributed by atoms with Gasteiger partial charge in [0.25, 0.3) is 0 Å². The van der Waals surface area contributed by atoms with Crippen LogP contribution in [0.25, 0.3) is 22.4 Å². The number of aromatic hydroxyl groups is 1. The average Bonchev–Trinajstić information content (AvgIpc) is 2.73. The molecule has 0 saturated carbocycles. The molecular weight excluding hydrogens is 342 g/mol. The summed E-state index contributed by atoms with van der Waals surface area (Å²) in [6.07, 6.45) is 1.50. The van der Waals surface area contributed by atoms with E-state index in [2.05, 4.69) is 11.1 Å². The first-order valence-corrected chi connectivity index (χ1v) is 7.89. The highest BCUT2D eigenvalue weighted by Crippen LogP contribution is 2.30. The van der Waals surface area contributed by atoms with Crippen molar-refractivity contribution in [3.05, 3.63) is 71.4 Å². The zero-order valence-electron chi connectivity index (χ0n) is 14.3. The van der Waals surface area contributed by atoms with Gasteiger partial charge in [-0.3, -0.25) is 4.98 Å². The van der Waals surface area contributed by atoms with Crippen molar-refractivity contribution in [3.63, 3.8) is 0 Å². The van der Waals surface area contributed by atoms with Crippen LogP contribution in [0.5, 0.6) is 5.75 Å². The number of pyridine rings is 1. The first kappa shape index (κ1) is 17.7. The number of nitrogens with zero attached hydrogens (tertiary/aromatic N) is 3. The lowest BCUT2D eigenvalue weighted by Crippen LogP contribution is -2.01. The third kappa shape index (κ3) is 3.46. The Labute approximate surface area is 155 Å². The smallest absolute Gasteiger partial charge is 0.337 e. The third-order valence-electron chi connectivity index (χ3n) is 4.04. The number of aromatic nitrogens is 1. The number of carbonyl (C=O) groups is 1. The minimum absolute atomic E-state index is 0.111. The number of benzene rings is 2. The number of phenolic OH excluding ortho intramolecular Hbond substituents is 1. The second-order valence-corrected chi connectivity index (χ2v) is 5.64. The first-order valence-electron chi connectivity index (χ1n) is 7.89. The van der Waals surface area contributed by atoms with Crippen LogP contribution in [-0.4, -0.2) is 23.2 Å². The van der Waals surface area contributed by atoms with E-state index in [1.807, 2.05) is 6.07 Å². The summed E-state index contributed by atoms with van der Waals surface area (Å²) in [6, 6.07) is 17.0. The molecule has 130 valence electrons. The number of methoxy groups -OCH3 is 1. The third-order valence-corrected chi connectivity index (χ3v) is 4.04. The number of ether oxygens (including phenoxy) is 1. The highest BCUT2D eigenvalue weighted by molar-refractivity contribution is 5.90. The molecule has 1 N–H and O–H groups in total. The van der Waals surface area contributed by atoms with E-state index in [1.54, 1.807) is 36.4 Å². The predicted molar refractivity (Wildman–Crippen MR) is 97.5 cm³/mol. The predicted octanol–water partition coefficient (Wildman–Crippen LogP) is 3.65. The fraction of sp³-hybridized carbons (Fsp3) is 0.0476. The molecule has 3 rings (SSSR count). The number of hydrogen-bond donors (Lipinski definition) is 1. The molecule has 2 aromatic carbocycles. The van der Waals surface area contributed by atoms with Gasteiger partial charge in [-0.25, -0.2) is 4.79 Å². The SMILES string of the molecule is COC(=O)c1ccnc(-c2ccc(-c3ccc(O)c(C#N)c3)c(C#N)c2)c1. The fourth-order valence-corrected chi connectivity index (χ4v) is 2.67. The Kier molecular flexibility index (Phi) is 4.83. The lowest BCUT2D eigenvalue weighted by molar-refractivity contribution is 0.0600. The summed E-state index contributed by atoms with van der Waals surface area (Å²) in [4.78, 5) is 15.9. The minimum Gasteiger partial charge on any atom is -0.507 e. The Balaban J connectivity index is 2.07. The molecule has 0 unspecified atom stereocenters. The molecule has 3 aromatic rings. The van der Waals surface area contributed by atoms with Crippen LogP contribution in [0, 0.1) is 22.7 Å². The largest absolute Gasteiger partial charge is 0.507 e. The van der Waals surface area contributed by atoms with Gasteiger partial charge in [0.2, 0.25) is 0 Å². The van der Waals surface area contributed by atoms with E-state index < -0.39 is 5.97 Å². The summed E-state index contributed by atoms with van der Waals surface area (Å²) in [5.74, 6) is -0.580. The molecule has 27 heavy (non-hydrogen) atoms. The summed E-state index contributed by atoms with van der Waals surface area (Å²) in [6.45, 7) is 0. The fourth-order valence-electron chi connectivity index (χ4n) is 2.67. The van der Waals surface area contributed by atoms with Crippen LogP contribution < -0.4 is 0 Å². The molecule has 0 aliphatic carbocycles. The van der Waals surface area contributed by atoms with E-state index in [0.717, 1.165) is 0 Å². The molecule has 0 aliphatic heterocycles. The van der Waals surface area contributed by atoms with Gasteiger partial charge in [-0.05, 0) is 41.5 Å². The maximum Gasteiger partial charge on any atom is 0.337 e. The maximum absolute atomic E-state index is 11.7. The second-order valence-electron chi connectivity index (χ2n) is 5.64. The Hall–Kier alpha value is -4.16. The Morgan fingerprint density at radius 3 is 2.41 bits per heavy atom. The van der Waals surface area contributed by atoms with Gasteiger partial charge in [-0.1, -0.05) is 18.2 Å². The van der Waals surface area contributed by atoms with E-state index in [0.29, 0.717) is 33.5 Å². The molecule has 0 aliphatic rings. The van der Waals surface area contributed by atoms with E-state index in [-0.39, 0.29) is 11.3 Å². The minimum atomic E-state index is -0.469. The Bertz CT molecular complexity index is 1120. The van der Waals surface area contributed by atoms with E-state index in [4.69, 9.17) is 10.00 Å². The van der Waals surface area contributed by atoms with Crippen LogP contribution in [0.2, 0.25) is 0 Å². The summed E-state index contributed by atoms with van der Waals surface area (Å²) in [5.41, 5.74) is 3.35. The zero-order valence-corrected chi connectivity index (χ0v) is 14.3. The maximum atomic E-state index is 11.7. The van der Waals surface area contributed by atoms with Gasteiger partial charge in [0.1, 0.15) is 11.8 Å². The van der Waals surface area contributed by atoms with Crippen molar-refractivity contribution in [2.75, 3.05) is 7.11 Å². The number of phenols is 1. The molecule has 1 aromatic heterocycles. The van der Waals surface area contributed by atoms with Crippen molar-refractivity contribution in [1.29, 1.82) is 10.5 Å². The topological polar surface area (TPSA) is 107 Å².